The zero-order valence-electron chi connectivity index (χ0n) is 28.7. The molecule has 0 N–H and O–H groups in total. The third-order valence-electron chi connectivity index (χ3n) is 11.3. The highest BCUT2D eigenvalue weighted by atomic mass is 16.6. The molecule has 0 radical (unpaired) electrons. The molecule has 1 atom stereocenters. The van der Waals surface area contributed by atoms with Crippen LogP contribution in [0.15, 0.2) is 163 Å². The SMILES string of the molecule is C/C=C(\C)C1(c2ccccc2)c2ccccc2-c2cc3c(cc21)Oc1ccc(-c2ccc4c5ccccc5n5c6ccccc6nc5c4c2)cc1O3. The molecule has 0 fully saturated rings. The Balaban J connectivity index is 1.05. The highest BCUT2D eigenvalue weighted by molar-refractivity contribution is 6.14. The van der Waals surface area contributed by atoms with Gasteiger partial charge in [0, 0.05) is 10.8 Å². The molecule has 1 aliphatic carbocycles. The molecule has 246 valence electrons. The first-order valence-electron chi connectivity index (χ1n) is 17.8. The third kappa shape index (κ3) is 3.84. The van der Waals surface area contributed by atoms with Crippen molar-refractivity contribution in [3.05, 3.63) is 180 Å². The minimum Gasteiger partial charge on any atom is -0.450 e. The number of rotatable bonds is 3. The summed E-state index contributed by atoms with van der Waals surface area (Å²) in [5.41, 5.74) is 13.3. The molecule has 0 bridgehead atoms. The second-order valence-corrected chi connectivity index (χ2v) is 13.9. The number of ether oxygens (including phenoxy) is 2. The molecule has 52 heavy (non-hydrogen) atoms. The molecule has 9 aromatic rings. The van der Waals surface area contributed by atoms with E-state index in [1.165, 1.54) is 44.2 Å². The van der Waals surface area contributed by atoms with E-state index in [0.29, 0.717) is 11.5 Å². The molecule has 4 nitrogen and oxygen atoms in total. The fourth-order valence-corrected chi connectivity index (χ4v) is 8.89. The summed E-state index contributed by atoms with van der Waals surface area (Å²) in [7, 11) is 0. The van der Waals surface area contributed by atoms with Crippen molar-refractivity contribution in [3.8, 4) is 45.3 Å². The Kier molecular flexibility index (Phi) is 5.98. The second-order valence-electron chi connectivity index (χ2n) is 13.9. The number of allylic oxidation sites excluding steroid dienone is 2. The predicted octanol–water partition coefficient (Wildman–Crippen LogP) is 12.6. The van der Waals surface area contributed by atoms with Crippen molar-refractivity contribution in [2.24, 2.45) is 0 Å². The average Bonchev–Trinajstić information content (AvgIpc) is 3.73. The zero-order valence-corrected chi connectivity index (χ0v) is 28.7. The number of aromatic nitrogens is 2. The number of para-hydroxylation sites is 3. The van der Waals surface area contributed by atoms with E-state index < -0.39 is 5.41 Å². The zero-order chi connectivity index (χ0) is 34.6. The summed E-state index contributed by atoms with van der Waals surface area (Å²) in [5, 5.41) is 3.50. The summed E-state index contributed by atoms with van der Waals surface area (Å²) in [6.45, 7) is 4.37. The minimum absolute atomic E-state index is 0.433. The molecular weight excluding hydrogens is 637 g/mol. The summed E-state index contributed by atoms with van der Waals surface area (Å²) < 4.78 is 15.7. The molecular formula is C48H32N2O2. The van der Waals surface area contributed by atoms with Crippen LogP contribution in [0.1, 0.15) is 30.5 Å². The molecule has 1 aliphatic heterocycles. The van der Waals surface area contributed by atoms with Gasteiger partial charge in [0.15, 0.2) is 23.0 Å². The van der Waals surface area contributed by atoms with Crippen molar-refractivity contribution in [2.75, 3.05) is 0 Å². The lowest BCUT2D eigenvalue weighted by Crippen LogP contribution is -2.28. The lowest BCUT2D eigenvalue weighted by molar-refractivity contribution is 0.359. The van der Waals surface area contributed by atoms with Crippen molar-refractivity contribution in [1.29, 1.82) is 0 Å². The first kappa shape index (κ1) is 29.1. The highest BCUT2D eigenvalue weighted by Gasteiger charge is 2.46. The Morgan fingerprint density at radius 1 is 0.558 bits per heavy atom. The number of nitrogens with zero attached hydrogens (tertiary/aromatic N) is 2. The molecule has 0 amide bonds. The quantitative estimate of drug-likeness (QED) is 0.139. The smallest absolute Gasteiger partial charge is 0.170 e. The van der Waals surface area contributed by atoms with E-state index >= 15 is 0 Å². The van der Waals surface area contributed by atoms with Gasteiger partial charge in [0.05, 0.1) is 22.0 Å². The van der Waals surface area contributed by atoms with Crippen LogP contribution in [-0.4, -0.2) is 9.38 Å². The van der Waals surface area contributed by atoms with E-state index in [-0.39, 0.29) is 0 Å². The van der Waals surface area contributed by atoms with Crippen molar-refractivity contribution in [1.82, 2.24) is 9.38 Å². The van der Waals surface area contributed by atoms with Crippen molar-refractivity contribution < 1.29 is 9.47 Å². The van der Waals surface area contributed by atoms with E-state index in [2.05, 4.69) is 164 Å². The fourth-order valence-electron chi connectivity index (χ4n) is 8.89. The first-order valence-corrected chi connectivity index (χ1v) is 17.8. The summed E-state index contributed by atoms with van der Waals surface area (Å²) in [5.74, 6) is 2.84. The minimum atomic E-state index is -0.433. The van der Waals surface area contributed by atoms with E-state index in [0.717, 1.165) is 50.2 Å². The van der Waals surface area contributed by atoms with Gasteiger partial charge in [0.25, 0.3) is 0 Å². The lowest BCUT2D eigenvalue weighted by Gasteiger charge is -2.35. The van der Waals surface area contributed by atoms with Crippen molar-refractivity contribution >= 4 is 38.4 Å². The monoisotopic (exact) mass is 668 g/mol. The number of fused-ring (bicyclic) bond motifs is 13. The number of imidazole rings is 1. The number of pyridine rings is 1. The maximum absolute atomic E-state index is 6.74. The predicted molar refractivity (Wildman–Crippen MR) is 211 cm³/mol. The van der Waals surface area contributed by atoms with Gasteiger partial charge in [-0.2, -0.15) is 0 Å². The molecule has 0 saturated heterocycles. The number of benzene rings is 7. The van der Waals surface area contributed by atoms with Gasteiger partial charge in [-0.05, 0) is 107 Å². The Labute approximate surface area is 300 Å². The average molecular weight is 669 g/mol. The van der Waals surface area contributed by atoms with Crippen LogP contribution >= 0.6 is 0 Å². The van der Waals surface area contributed by atoms with E-state index in [4.69, 9.17) is 14.5 Å². The van der Waals surface area contributed by atoms with Gasteiger partial charge in [0.2, 0.25) is 0 Å². The Morgan fingerprint density at radius 2 is 1.25 bits per heavy atom. The molecule has 4 heteroatoms. The summed E-state index contributed by atoms with van der Waals surface area (Å²) in [4.78, 5) is 5.13. The Bertz CT molecular complexity index is 2990. The van der Waals surface area contributed by atoms with E-state index in [1.807, 2.05) is 12.1 Å². The van der Waals surface area contributed by atoms with E-state index in [1.54, 1.807) is 0 Å². The number of hydrogen-bond donors (Lipinski definition) is 0. The Morgan fingerprint density at radius 3 is 2.13 bits per heavy atom. The molecule has 3 heterocycles. The third-order valence-corrected chi connectivity index (χ3v) is 11.3. The lowest BCUT2D eigenvalue weighted by atomic mass is 9.67. The molecule has 11 rings (SSSR count). The van der Waals surface area contributed by atoms with Crippen molar-refractivity contribution in [3.63, 3.8) is 0 Å². The van der Waals surface area contributed by atoms with Crippen LogP contribution in [0.25, 0.3) is 60.6 Å². The van der Waals surface area contributed by atoms with Gasteiger partial charge in [-0.15, -0.1) is 0 Å². The summed E-state index contributed by atoms with van der Waals surface area (Å²) >= 11 is 0. The molecule has 0 spiro atoms. The van der Waals surface area contributed by atoms with Crippen molar-refractivity contribution in [2.45, 2.75) is 19.3 Å². The topological polar surface area (TPSA) is 35.8 Å². The maximum atomic E-state index is 6.74. The number of hydrogen-bond acceptors (Lipinski definition) is 3. The standard InChI is InChI=1S/C48H32N2O2/c1-3-29(2)48(32-13-5-4-6-14-32)38-17-9-7-15-34(38)36-27-45-46(28-39(36)48)51-43-24-22-31(26-44(43)52-45)30-21-23-33-35-16-8-11-19-41(35)50-42-20-12-10-18-40(42)49-47(50)37(33)25-30/h3-28H,1-2H3/b29-3+. The fraction of sp³-hybridized carbons (Fsp3) is 0.0625. The van der Waals surface area contributed by atoms with Gasteiger partial charge >= 0.3 is 0 Å². The highest BCUT2D eigenvalue weighted by Crippen LogP contribution is 2.60. The first-order chi connectivity index (χ1) is 25.6. The van der Waals surface area contributed by atoms with Gasteiger partial charge in [-0.1, -0.05) is 115 Å². The van der Waals surface area contributed by atoms with Gasteiger partial charge in [0.1, 0.15) is 5.65 Å². The van der Waals surface area contributed by atoms with Crippen LogP contribution < -0.4 is 9.47 Å². The molecule has 2 aliphatic rings. The maximum Gasteiger partial charge on any atom is 0.170 e. The largest absolute Gasteiger partial charge is 0.450 e. The molecule has 1 unspecified atom stereocenters. The molecule has 0 saturated carbocycles. The second kappa shape index (κ2) is 10.7. The Hall–Kier alpha value is -6.65. The molecule has 2 aromatic heterocycles. The van der Waals surface area contributed by atoms with Crippen LogP contribution in [0.2, 0.25) is 0 Å². The van der Waals surface area contributed by atoms with Crippen LogP contribution in [0.5, 0.6) is 23.0 Å². The van der Waals surface area contributed by atoms with Gasteiger partial charge in [-0.25, -0.2) is 4.98 Å². The van der Waals surface area contributed by atoms with E-state index in [9.17, 15) is 0 Å². The summed E-state index contributed by atoms with van der Waals surface area (Å²) in [6, 6.07) is 53.8. The summed E-state index contributed by atoms with van der Waals surface area (Å²) in [6.07, 6.45) is 2.24. The van der Waals surface area contributed by atoms with Gasteiger partial charge < -0.3 is 9.47 Å². The van der Waals surface area contributed by atoms with Crippen LogP contribution in [0.4, 0.5) is 0 Å². The normalized spacial score (nSPS) is 16.0. The molecule has 7 aromatic carbocycles. The van der Waals surface area contributed by atoms with Crippen LogP contribution in [0.3, 0.4) is 0 Å². The van der Waals surface area contributed by atoms with Crippen LogP contribution in [-0.2, 0) is 5.41 Å². The van der Waals surface area contributed by atoms with Crippen LogP contribution in [0, 0.1) is 0 Å². The van der Waals surface area contributed by atoms with Gasteiger partial charge in [-0.3, -0.25) is 4.40 Å².